The SMILES string of the molecule is CSc1ccc(C(F)(F)C2CCNCC2)cc1. The number of hydrogen-bond donors (Lipinski definition) is 1. The minimum absolute atomic E-state index is 0.155. The maximum absolute atomic E-state index is 14.2. The molecule has 0 saturated carbocycles. The van der Waals surface area contributed by atoms with Gasteiger partial charge in [-0.15, -0.1) is 11.8 Å². The van der Waals surface area contributed by atoms with Crippen molar-refractivity contribution < 1.29 is 8.78 Å². The highest BCUT2D eigenvalue weighted by molar-refractivity contribution is 7.98. The van der Waals surface area contributed by atoms with Crippen molar-refractivity contribution in [1.82, 2.24) is 5.32 Å². The Bertz CT molecular complexity index is 358. The van der Waals surface area contributed by atoms with Crippen molar-refractivity contribution in [3.63, 3.8) is 0 Å². The maximum atomic E-state index is 14.2. The highest BCUT2D eigenvalue weighted by Gasteiger charge is 2.41. The van der Waals surface area contributed by atoms with Crippen molar-refractivity contribution in [1.29, 1.82) is 0 Å². The molecular formula is C13H17F2NS. The molecule has 1 aromatic rings. The molecular weight excluding hydrogens is 240 g/mol. The van der Waals surface area contributed by atoms with E-state index in [1.165, 1.54) is 0 Å². The molecule has 1 fully saturated rings. The Labute approximate surface area is 105 Å². The first-order chi connectivity index (χ1) is 8.14. The predicted octanol–water partition coefficient (Wildman–Crippen LogP) is 3.50. The molecule has 0 atom stereocenters. The third kappa shape index (κ3) is 2.80. The minimum Gasteiger partial charge on any atom is -0.317 e. The topological polar surface area (TPSA) is 12.0 Å². The fourth-order valence-corrected chi connectivity index (χ4v) is 2.64. The number of alkyl halides is 2. The van der Waals surface area contributed by atoms with Crippen LogP contribution in [-0.2, 0) is 5.92 Å². The summed E-state index contributed by atoms with van der Waals surface area (Å²) in [5.41, 5.74) is 0.155. The van der Waals surface area contributed by atoms with Crippen LogP contribution < -0.4 is 5.32 Å². The van der Waals surface area contributed by atoms with Crippen LogP contribution in [0.3, 0.4) is 0 Å². The van der Waals surface area contributed by atoms with Crippen LogP contribution in [0.4, 0.5) is 8.78 Å². The molecule has 0 unspecified atom stereocenters. The Morgan fingerprint density at radius 3 is 2.29 bits per heavy atom. The second-order valence-corrected chi connectivity index (χ2v) is 5.26. The monoisotopic (exact) mass is 257 g/mol. The summed E-state index contributed by atoms with van der Waals surface area (Å²) >= 11 is 1.57. The zero-order valence-corrected chi connectivity index (χ0v) is 10.7. The van der Waals surface area contributed by atoms with E-state index in [0.29, 0.717) is 25.9 Å². The van der Waals surface area contributed by atoms with E-state index in [4.69, 9.17) is 0 Å². The lowest BCUT2D eigenvalue weighted by Crippen LogP contribution is -2.36. The Hall–Kier alpha value is -0.610. The lowest BCUT2D eigenvalue weighted by Gasteiger charge is -2.30. The number of rotatable bonds is 3. The lowest BCUT2D eigenvalue weighted by atomic mass is 9.87. The summed E-state index contributed by atoms with van der Waals surface area (Å²) in [5.74, 6) is -3.22. The second-order valence-electron chi connectivity index (χ2n) is 4.38. The van der Waals surface area contributed by atoms with E-state index in [-0.39, 0.29) is 5.56 Å². The second kappa shape index (κ2) is 5.36. The van der Waals surface area contributed by atoms with Crippen molar-refractivity contribution in [2.24, 2.45) is 5.92 Å². The van der Waals surface area contributed by atoms with Gasteiger partial charge in [-0.25, -0.2) is 8.78 Å². The number of hydrogen-bond acceptors (Lipinski definition) is 2. The van der Waals surface area contributed by atoms with Gasteiger partial charge in [0.1, 0.15) is 0 Å². The molecule has 1 N–H and O–H groups in total. The summed E-state index contributed by atoms with van der Waals surface area (Å²) in [6.45, 7) is 1.40. The van der Waals surface area contributed by atoms with Crippen LogP contribution in [0.5, 0.6) is 0 Å². The van der Waals surface area contributed by atoms with E-state index in [2.05, 4.69) is 5.32 Å². The van der Waals surface area contributed by atoms with E-state index >= 15 is 0 Å². The van der Waals surface area contributed by atoms with Crippen LogP contribution in [0.15, 0.2) is 29.2 Å². The van der Waals surface area contributed by atoms with Gasteiger partial charge in [0.15, 0.2) is 0 Å². The van der Waals surface area contributed by atoms with Crippen molar-refractivity contribution in [2.45, 2.75) is 23.7 Å². The Morgan fingerprint density at radius 1 is 1.18 bits per heavy atom. The molecule has 1 heterocycles. The van der Waals surface area contributed by atoms with Gasteiger partial charge in [-0.1, -0.05) is 12.1 Å². The van der Waals surface area contributed by atoms with Gasteiger partial charge >= 0.3 is 0 Å². The number of benzene rings is 1. The third-order valence-electron chi connectivity index (χ3n) is 3.33. The van der Waals surface area contributed by atoms with Crippen LogP contribution in [0.2, 0.25) is 0 Å². The van der Waals surface area contributed by atoms with Crippen molar-refractivity contribution in [2.75, 3.05) is 19.3 Å². The van der Waals surface area contributed by atoms with Crippen LogP contribution in [0.25, 0.3) is 0 Å². The quantitative estimate of drug-likeness (QED) is 0.832. The van der Waals surface area contributed by atoms with E-state index in [1.807, 2.05) is 6.26 Å². The Morgan fingerprint density at radius 2 is 1.76 bits per heavy atom. The smallest absolute Gasteiger partial charge is 0.276 e. The largest absolute Gasteiger partial charge is 0.317 e. The molecule has 1 aliphatic rings. The van der Waals surface area contributed by atoms with Gasteiger partial charge < -0.3 is 5.32 Å². The molecule has 0 bridgehead atoms. The molecule has 1 aromatic carbocycles. The Balaban J connectivity index is 2.17. The van der Waals surface area contributed by atoms with Gasteiger partial charge in [-0.3, -0.25) is 0 Å². The molecule has 4 heteroatoms. The van der Waals surface area contributed by atoms with Gasteiger partial charge in [0.25, 0.3) is 5.92 Å². The molecule has 0 aliphatic carbocycles. The van der Waals surface area contributed by atoms with Crippen molar-refractivity contribution in [3.05, 3.63) is 29.8 Å². The molecule has 2 rings (SSSR count). The van der Waals surface area contributed by atoms with E-state index < -0.39 is 11.8 Å². The lowest BCUT2D eigenvalue weighted by molar-refractivity contribution is -0.0753. The van der Waals surface area contributed by atoms with E-state index in [0.717, 1.165) is 4.90 Å². The number of piperidine rings is 1. The summed E-state index contributed by atoms with van der Waals surface area (Å²) in [7, 11) is 0. The van der Waals surface area contributed by atoms with Crippen LogP contribution >= 0.6 is 11.8 Å². The molecule has 1 saturated heterocycles. The molecule has 0 spiro atoms. The van der Waals surface area contributed by atoms with Crippen molar-refractivity contribution in [3.8, 4) is 0 Å². The molecule has 0 amide bonds. The standard InChI is InChI=1S/C13H17F2NS/c1-17-12-4-2-10(3-5-12)13(14,15)11-6-8-16-9-7-11/h2-5,11,16H,6-9H2,1H3. The molecule has 1 nitrogen and oxygen atoms in total. The molecule has 94 valence electrons. The normalized spacial score (nSPS) is 18.3. The zero-order valence-electron chi connectivity index (χ0n) is 9.88. The minimum atomic E-state index is -2.70. The molecule has 1 aliphatic heterocycles. The summed E-state index contributed by atoms with van der Waals surface area (Å²) in [4.78, 5) is 1.02. The van der Waals surface area contributed by atoms with Crippen LogP contribution in [-0.4, -0.2) is 19.3 Å². The highest BCUT2D eigenvalue weighted by atomic mass is 32.2. The first-order valence-corrected chi connectivity index (χ1v) is 7.10. The number of nitrogens with one attached hydrogen (secondary N) is 1. The maximum Gasteiger partial charge on any atom is 0.276 e. The van der Waals surface area contributed by atoms with Gasteiger partial charge in [-0.2, -0.15) is 0 Å². The van der Waals surface area contributed by atoms with Crippen LogP contribution in [0, 0.1) is 5.92 Å². The fourth-order valence-electron chi connectivity index (χ4n) is 2.23. The van der Waals surface area contributed by atoms with Gasteiger partial charge in [-0.05, 0) is 44.3 Å². The fraction of sp³-hybridized carbons (Fsp3) is 0.538. The predicted molar refractivity (Wildman–Crippen MR) is 67.7 cm³/mol. The summed E-state index contributed by atoms with van der Waals surface area (Å²) in [5, 5.41) is 3.12. The number of halogens is 2. The summed E-state index contributed by atoms with van der Waals surface area (Å²) in [6, 6.07) is 6.67. The third-order valence-corrected chi connectivity index (χ3v) is 4.07. The first kappa shape index (κ1) is 12.8. The van der Waals surface area contributed by atoms with E-state index in [9.17, 15) is 8.78 Å². The number of thioether (sulfide) groups is 1. The van der Waals surface area contributed by atoms with Gasteiger partial charge in [0.05, 0.1) is 0 Å². The van der Waals surface area contributed by atoms with Crippen molar-refractivity contribution >= 4 is 11.8 Å². The molecule has 17 heavy (non-hydrogen) atoms. The summed E-state index contributed by atoms with van der Waals surface area (Å²) in [6.07, 6.45) is 3.05. The Kier molecular flexibility index (Phi) is 4.05. The average Bonchev–Trinajstić information content (AvgIpc) is 2.40. The van der Waals surface area contributed by atoms with Gasteiger partial charge in [0, 0.05) is 16.4 Å². The van der Waals surface area contributed by atoms with Gasteiger partial charge in [0.2, 0.25) is 0 Å². The zero-order chi connectivity index (χ0) is 12.3. The first-order valence-electron chi connectivity index (χ1n) is 5.87. The average molecular weight is 257 g/mol. The summed E-state index contributed by atoms with van der Waals surface area (Å²) < 4.78 is 28.5. The molecule has 0 radical (unpaired) electrons. The van der Waals surface area contributed by atoms with E-state index in [1.54, 1.807) is 36.0 Å². The highest BCUT2D eigenvalue weighted by Crippen LogP contribution is 2.40. The molecule has 0 aromatic heterocycles. The van der Waals surface area contributed by atoms with Crippen LogP contribution in [0.1, 0.15) is 18.4 Å².